The highest BCUT2D eigenvalue weighted by molar-refractivity contribution is 5.87. The van der Waals surface area contributed by atoms with E-state index in [1.807, 2.05) is 48.3 Å². The zero-order valence-corrected chi connectivity index (χ0v) is 16.2. The molecule has 2 heterocycles. The number of para-hydroxylation sites is 1. The average Bonchev–Trinajstić information content (AvgIpc) is 3.36. The summed E-state index contributed by atoms with van der Waals surface area (Å²) in [6, 6.07) is 14.9. The van der Waals surface area contributed by atoms with Crippen molar-refractivity contribution in [2.45, 2.75) is 25.3 Å². The van der Waals surface area contributed by atoms with Gasteiger partial charge in [-0.1, -0.05) is 30.3 Å². The summed E-state index contributed by atoms with van der Waals surface area (Å²) in [7, 11) is 1.86. The van der Waals surface area contributed by atoms with E-state index in [1.54, 1.807) is 18.4 Å². The smallest absolute Gasteiger partial charge is 0.227 e. The lowest BCUT2D eigenvalue weighted by atomic mass is 10.0. The first kappa shape index (κ1) is 18.6. The Morgan fingerprint density at radius 3 is 2.75 bits per heavy atom. The number of likely N-dealkylation sites (N-methyl/N-ethyl adjacent to an activating group) is 1. The molecule has 0 unspecified atom stereocenters. The normalized spacial score (nSPS) is 15.8. The number of phenols is 1. The molecule has 5 nitrogen and oxygen atoms in total. The Morgan fingerprint density at radius 2 is 1.96 bits per heavy atom. The molecule has 5 heteroatoms. The van der Waals surface area contributed by atoms with Gasteiger partial charge in [-0.05, 0) is 49.7 Å². The van der Waals surface area contributed by atoms with Crippen LogP contribution in [0.1, 0.15) is 30.0 Å². The lowest BCUT2D eigenvalue weighted by Crippen LogP contribution is -2.39. The molecule has 2 aromatic carbocycles. The topological polar surface area (TPSA) is 56.9 Å². The van der Waals surface area contributed by atoms with Gasteiger partial charge in [-0.25, -0.2) is 0 Å². The maximum Gasteiger partial charge on any atom is 0.227 e. The fourth-order valence-corrected chi connectivity index (χ4v) is 4.02. The van der Waals surface area contributed by atoms with E-state index in [0.717, 1.165) is 41.7 Å². The van der Waals surface area contributed by atoms with Gasteiger partial charge in [0.1, 0.15) is 11.3 Å². The number of benzene rings is 2. The molecule has 1 aliphatic rings. The molecular weight excluding hydrogens is 352 g/mol. The van der Waals surface area contributed by atoms with Crippen LogP contribution in [-0.4, -0.2) is 47.5 Å². The van der Waals surface area contributed by atoms with Gasteiger partial charge in [0, 0.05) is 24.5 Å². The Morgan fingerprint density at radius 1 is 1.18 bits per heavy atom. The monoisotopic (exact) mass is 378 g/mol. The molecule has 1 fully saturated rings. The fraction of sp³-hybridized carbons (Fsp3) is 0.348. The van der Waals surface area contributed by atoms with Crippen molar-refractivity contribution in [3.05, 3.63) is 65.9 Å². The molecule has 1 aromatic heterocycles. The molecule has 0 aliphatic carbocycles. The van der Waals surface area contributed by atoms with Crippen molar-refractivity contribution in [3.63, 3.8) is 0 Å². The first-order valence-corrected chi connectivity index (χ1v) is 9.84. The lowest BCUT2D eigenvalue weighted by Gasteiger charge is -2.32. The number of phenolic OH excluding ortho intramolecular Hbond substituents is 1. The Labute approximate surface area is 165 Å². The molecule has 0 bridgehead atoms. The van der Waals surface area contributed by atoms with E-state index in [9.17, 15) is 9.90 Å². The van der Waals surface area contributed by atoms with Crippen molar-refractivity contribution in [3.8, 4) is 5.75 Å². The van der Waals surface area contributed by atoms with Crippen LogP contribution in [0.5, 0.6) is 5.75 Å². The maximum absolute atomic E-state index is 13.1. The Balaban J connectivity index is 1.56. The molecule has 1 amide bonds. The highest BCUT2D eigenvalue weighted by atomic mass is 16.3. The molecule has 146 valence electrons. The molecule has 0 spiro atoms. The zero-order valence-electron chi connectivity index (χ0n) is 16.2. The van der Waals surface area contributed by atoms with Gasteiger partial charge in [-0.3, -0.25) is 4.79 Å². The van der Waals surface area contributed by atoms with E-state index in [2.05, 4.69) is 4.90 Å². The van der Waals surface area contributed by atoms with E-state index < -0.39 is 0 Å². The minimum Gasteiger partial charge on any atom is -0.508 e. The van der Waals surface area contributed by atoms with Crippen LogP contribution in [-0.2, 0) is 11.2 Å². The van der Waals surface area contributed by atoms with E-state index >= 15 is 0 Å². The van der Waals surface area contributed by atoms with E-state index in [0.29, 0.717) is 6.42 Å². The maximum atomic E-state index is 13.1. The van der Waals surface area contributed by atoms with Crippen molar-refractivity contribution >= 4 is 16.9 Å². The Kier molecular flexibility index (Phi) is 5.35. The van der Waals surface area contributed by atoms with E-state index in [1.165, 1.54) is 12.8 Å². The van der Waals surface area contributed by atoms with Gasteiger partial charge in [-0.15, -0.1) is 0 Å². The second kappa shape index (κ2) is 8.07. The highest BCUT2D eigenvalue weighted by Gasteiger charge is 2.26. The highest BCUT2D eigenvalue weighted by Crippen LogP contribution is 2.27. The number of aromatic hydroxyl groups is 1. The van der Waals surface area contributed by atoms with E-state index in [4.69, 9.17) is 4.42 Å². The van der Waals surface area contributed by atoms with Gasteiger partial charge >= 0.3 is 0 Å². The number of likely N-dealkylation sites (tertiary alicyclic amines) is 1. The summed E-state index contributed by atoms with van der Waals surface area (Å²) in [6.07, 6.45) is 4.37. The number of furan rings is 1. The lowest BCUT2D eigenvalue weighted by molar-refractivity contribution is -0.131. The molecule has 1 saturated heterocycles. The third kappa shape index (κ3) is 3.90. The number of amides is 1. The molecule has 1 atom stereocenters. The minimum absolute atomic E-state index is 0.0408. The third-order valence-electron chi connectivity index (χ3n) is 5.65. The van der Waals surface area contributed by atoms with Gasteiger partial charge in [0.2, 0.25) is 5.91 Å². The number of nitrogens with zero attached hydrogens (tertiary/aromatic N) is 2. The van der Waals surface area contributed by atoms with Crippen molar-refractivity contribution in [2.75, 3.05) is 26.7 Å². The predicted molar refractivity (Wildman–Crippen MR) is 109 cm³/mol. The van der Waals surface area contributed by atoms with Gasteiger partial charge in [0.25, 0.3) is 0 Å². The summed E-state index contributed by atoms with van der Waals surface area (Å²) < 4.78 is 5.59. The average molecular weight is 378 g/mol. The van der Waals surface area contributed by atoms with Crippen molar-refractivity contribution < 1.29 is 14.3 Å². The van der Waals surface area contributed by atoms with Gasteiger partial charge in [-0.2, -0.15) is 0 Å². The van der Waals surface area contributed by atoms with Crippen molar-refractivity contribution in [2.24, 2.45) is 0 Å². The summed E-state index contributed by atoms with van der Waals surface area (Å²) in [5.41, 5.74) is 2.66. The third-order valence-corrected chi connectivity index (χ3v) is 5.65. The molecule has 0 radical (unpaired) electrons. The summed E-state index contributed by atoms with van der Waals surface area (Å²) in [5.74, 6) is 0.268. The van der Waals surface area contributed by atoms with Crippen LogP contribution in [0.15, 0.2) is 59.2 Å². The molecule has 0 saturated carbocycles. The van der Waals surface area contributed by atoms with Gasteiger partial charge in [0.15, 0.2) is 0 Å². The first-order chi connectivity index (χ1) is 13.6. The number of fused-ring (bicyclic) bond motifs is 1. The Hall–Kier alpha value is -2.79. The molecule has 3 aromatic rings. The molecule has 1 N–H and O–H groups in total. The minimum atomic E-state index is -0.101. The van der Waals surface area contributed by atoms with Crippen LogP contribution < -0.4 is 0 Å². The largest absolute Gasteiger partial charge is 0.508 e. The molecule has 1 aliphatic heterocycles. The summed E-state index contributed by atoms with van der Waals surface area (Å²) in [6.45, 7) is 2.89. The van der Waals surface area contributed by atoms with Crippen LogP contribution in [0.2, 0.25) is 0 Å². The molecule has 28 heavy (non-hydrogen) atoms. The zero-order chi connectivity index (χ0) is 19.5. The summed E-state index contributed by atoms with van der Waals surface area (Å²) >= 11 is 0. The fourth-order valence-electron chi connectivity index (χ4n) is 4.02. The number of rotatable bonds is 6. The summed E-state index contributed by atoms with van der Waals surface area (Å²) in [5, 5.41) is 10.9. The second-order valence-electron chi connectivity index (χ2n) is 7.56. The quantitative estimate of drug-likeness (QED) is 0.705. The van der Waals surface area contributed by atoms with Crippen LogP contribution >= 0.6 is 0 Å². The first-order valence-electron chi connectivity index (χ1n) is 9.84. The van der Waals surface area contributed by atoms with Crippen LogP contribution in [0.4, 0.5) is 0 Å². The Bertz CT molecular complexity index is 959. The van der Waals surface area contributed by atoms with E-state index in [-0.39, 0.29) is 17.7 Å². The number of hydrogen-bond donors (Lipinski definition) is 1. The van der Waals surface area contributed by atoms with Crippen LogP contribution in [0.3, 0.4) is 0 Å². The number of carbonyl (C=O) groups excluding carboxylic acids is 1. The van der Waals surface area contributed by atoms with Crippen molar-refractivity contribution in [1.82, 2.24) is 9.80 Å². The van der Waals surface area contributed by atoms with Gasteiger partial charge in [0.05, 0.1) is 18.7 Å². The van der Waals surface area contributed by atoms with Crippen molar-refractivity contribution in [1.29, 1.82) is 0 Å². The number of hydrogen-bond acceptors (Lipinski definition) is 4. The molecular formula is C23H26N2O3. The predicted octanol–water partition coefficient (Wildman–Crippen LogP) is 3.98. The van der Waals surface area contributed by atoms with Crippen LogP contribution in [0.25, 0.3) is 11.0 Å². The van der Waals surface area contributed by atoms with Crippen LogP contribution in [0, 0.1) is 0 Å². The molecule has 4 rings (SSSR count). The standard InChI is InChI=1S/C23H26N2O3/c1-24(23(27)14-18-16-28-22-10-3-2-9-20(18)22)21(15-25-11-4-5-12-25)17-7-6-8-19(26)13-17/h2-3,6-10,13,16,21,26H,4-5,11-12,14-15H2,1H3/t21-/m1/s1. The summed E-state index contributed by atoms with van der Waals surface area (Å²) in [4.78, 5) is 17.3. The SMILES string of the molecule is CN(C(=O)Cc1coc2ccccc12)[C@H](CN1CCCC1)c1cccc(O)c1. The van der Waals surface area contributed by atoms with Gasteiger partial charge < -0.3 is 19.3 Å². The number of carbonyl (C=O) groups is 1. The second-order valence-corrected chi connectivity index (χ2v) is 7.56.